The maximum Gasteiger partial charge on any atom is 0.305 e. The van der Waals surface area contributed by atoms with Crippen LogP contribution in [0.5, 0.6) is 0 Å². The lowest BCUT2D eigenvalue weighted by Crippen LogP contribution is -2.47. The number of piperazine rings is 1. The number of nitrogens with zero attached hydrogens (tertiary/aromatic N) is 3. The number of anilines is 1. The molecule has 2 aromatic carbocycles. The minimum Gasteiger partial charge on any atom is -0.464 e. The van der Waals surface area contributed by atoms with Crippen molar-refractivity contribution >= 4 is 22.6 Å². The molecule has 32 heavy (non-hydrogen) atoms. The van der Waals surface area contributed by atoms with Crippen LogP contribution < -0.4 is 10.6 Å². The zero-order valence-electron chi connectivity index (χ0n) is 18.4. The number of ether oxygens (including phenoxy) is 1. The molecule has 6 nitrogen and oxygen atoms in total. The summed E-state index contributed by atoms with van der Waals surface area (Å²) in [5.74, 6) is -0.372. The Balaban J connectivity index is 1.34. The molecule has 0 bridgehead atoms. The van der Waals surface area contributed by atoms with E-state index in [9.17, 15) is 9.18 Å². The Morgan fingerprint density at radius 2 is 1.81 bits per heavy atom. The predicted molar refractivity (Wildman–Crippen MR) is 125 cm³/mol. The standard InChI is InChI=1S/C25H31FN4O2/c26-21-8-6-20(7-9-21)19-30-12-10-22-23(3-1-4-24(22)30)29-15-13-28(14-16-29)17-18-32-25(31)5-2-11-27/h1,3-4,6-10,12H,2,5,11,13-19,27H2. The lowest BCUT2D eigenvalue weighted by Gasteiger charge is -2.36. The summed E-state index contributed by atoms with van der Waals surface area (Å²) in [7, 11) is 0. The van der Waals surface area contributed by atoms with Gasteiger partial charge in [0.1, 0.15) is 12.4 Å². The van der Waals surface area contributed by atoms with E-state index in [1.807, 2.05) is 12.1 Å². The number of esters is 1. The van der Waals surface area contributed by atoms with Gasteiger partial charge >= 0.3 is 5.97 Å². The van der Waals surface area contributed by atoms with E-state index in [0.717, 1.165) is 38.3 Å². The molecule has 1 aromatic heterocycles. The Hall–Kier alpha value is -2.90. The molecule has 0 aliphatic carbocycles. The minimum atomic E-state index is -0.211. The van der Waals surface area contributed by atoms with Crippen molar-refractivity contribution in [1.29, 1.82) is 0 Å². The fraction of sp³-hybridized carbons (Fsp3) is 0.400. The van der Waals surface area contributed by atoms with Crippen molar-refractivity contribution in [2.24, 2.45) is 5.73 Å². The summed E-state index contributed by atoms with van der Waals surface area (Å²) in [6, 6.07) is 15.3. The molecule has 0 saturated carbocycles. The first-order chi connectivity index (χ1) is 15.6. The summed E-state index contributed by atoms with van der Waals surface area (Å²) in [6.07, 6.45) is 3.18. The first-order valence-electron chi connectivity index (χ1n) is 11.3. The second-order valence-electron chi connectivity index (χ2n) is 8.22. The van der Waals surface area contributed by atoms with Crippen LogP contribution in [0.1, 0.15) is 18.4 Å². The number of carbonyl (C=O) groups excluding carboxylic acids is 1. The van der Waals surface area contributed by atoms with E-state index in [1.54, 1.807) is 0 Å². The molecule has 0 radical (unpaired) electrons. The largest absolute Gasteiger partial charge is 0.464 e. The molecule has 7 heteroatoms. The van der Waals surface area contributed by atoms with Crippen molar-refractivity contribution in [2.45, 2.75) is 19.4 Å². The van der Waals surface area contributed by atoms with Crippen LogP contribution in [0.2, 0.25) is 0 Å². The second-order valence-corrected chi connectivity index (χ2v) is 8.22. The van der Waals surface area contributed by atoms with Crippen LogP contribution in [0.3, 0.4) is 0 Å². The number of aromatic nitrogens is 1. The fourth-order valence-electron chi connectivity index (χ4n) is 4.23. The number of halogens is 1. The SMILES string of the molecule is NCCCC(=O)OCCN1CCN(c2cccc3c2ccn3Cc2ccc(F)cc2)CC1. The molecular weight excluding hydrogens is 407 g/mol. The molecule has 2 heterocycles. The minimum absolute atomic E-state index is 0.161. The molecule has 2 N–H and O–H groups in total. The van der Waals surface area contributed by atoms with Crippen molar-refractivity contribution in [2.75, 3.05) is 50.8 Å². The van der Waals surface area contributed by atoms with Gasteiger partial charge in [-0.05, 0) is 48.9 Å². The fourth-order valence-corrected chi connectivity index (χ4v) is 4.23. The van der Waals surface area contributed by atoms with Gasteiger partial charge in [0.25, 0.3) is 0 Å². The van der Waals surface area contributed by atoms with Crippen molar-refractivity contribution in [1.82, 2.24) is 9.47 Å². The van der Waals surface area contributed by atoms with Crippen molar-refractivity contribution in [3.63, 3.8) is 0 Å². The summed E-state index contributed by atoms with van der Waals surface area (Å²) >= 11 is 0. The van der Waals surface area contributed by atoms with Crippen molar-refractivity contribution in [3.8, 4) is 0 Å². The zero-order chi connectivity index (χ0) is 22.3. The van der Waals surface area contributed by atoms with Gasteiger partial charge < -0.3 is 19.9 Å². The molecule has 0 spiro atoms. The molecule has 0 unspecified atom stereocenters. The van der Waals surface area contributed by atoms with E-state index in [0.29, 0.717) is 32.5 Å². The smallest absolute Gasteiger partial charge is 0.305 e. The molecule has 4 rings (SSSR count). The van der Waals surface area contributed by atoms with Gasteiger partial charge in [0.15, 0.2) is 0 Å². The molecule has 1 aliphatic heterocycles. The zero-order valence-corrected chi connectivity index (χ0v) is 18.4. The van der Waals surface area contributed by atoms with Gasteiger partial charge in [-0.25, -0.2) is 4.39 Å². The number of benzene rings is 2. The maximum atomic E-state index is 13.2. The molecule has 0 atom stereocenters. The quantitative estimate of drug-likeness (QED) is 0.520. The molecule has 1 fully saturated rings. The Kier molecular flexibility index (Phi) is 7.39. The average Bonchev–Trinajstić information content (AvgIpc) is 3.22. The normalized spacial score (nSPS) is 14.8. The molecule has 1 saturated heterocycles. The van der Waals surface area contributed by atoms with Crippen LogP contribution in [-0.4, -0.2) is 61.3 Å². The average molecular weight is 439 g/mol. The third-order valence-corrected chi connectivity index (χ3v) is 6.03. The lowest BCUT2D eigenvalue weighted by molar-refractivity contribution is -0.144. The van der Waals surface area contributed by atoms with E-state index in [4.69, 9.17) is 10.5 Å². The first-order valence-corrected chi connectivity index (χ1v) is 11.3. The highest BCUT2D eigenvalue weighted by atomic mass is 19.1. The Bertz CT molecular complexity index is 1030. The van der Waals surface area contributed by atoms with Gasteiger partial charge in [-0.1, -0.05) is 18.2 Å². The summed E-state index contributed by atoms with van der Waals surface area (Å²) in [5.41, 5.74) is 8.92. The monoisotopic (exact) mass is 438 g/mol. The van der Waals surface area contributed by atoms with Crippen LogP contribution in [0, 0.1) is 5.82 Å². The maximum absolute atomic E-state index is 13.2. The van der Waals surface area contributed by atoms with Crippen molar-refractivity contribution in [3.05, 3.63) is 66.1 Å². The third-order valence-electron chi connectivity index (χ3n) is 6.03. The van der Waals surface area contributed by atoms with Crippen LogP contribution in [-0.2, 0) is 16.1 Å². The van der Waals surface area contributed by atoms with Gasteiger partial charge in [0.05, 0.1) is 5.52 Å². The van der Waals surface area contributed by atoms with Gasteiger partial charge in [-0.15, -0.1) is 0 Å². The highest BCUT2D eigenvalue weighted by Crippen LogP contribution is 2.29. The van der Waals surface area contributed by atoms with Crippen LogP contribution in [0.25, 0.3) is 10.9 Å². The number of carbonyl (C=O) groups is 1. The molecule has 0 amide bonds. The molecule has 3 aromatic rings. The van der Waals surface area contributed by atoms with E-state index < -0.39 is 0 Å². The highest BCUT2D eigenvalue weighted by Gasteiger charge is 2.19. The number of hydrogen-bond donors (Lipinski definition) is 1. The van der Waals surface area contributed by atoms with Crippen LogP contribution in [0.15, 0.2) is 54.7 Å². The number of fused-ring (bicyclic) bond motifs is 1. The Morgan fingerprint density at radius 3 is 2.56 bits per heavy atom. The van der Waals surface area contributed by atoms with Gasteiger partial charge in [0, 0.05) is 63.0 Å². The number of nitrogens with two attached hydrogens (primary N) is 1. The van der Waals surface area contributed by atoms with Gasteiger partial charge in [-0.2, -0.15) is 0 Å². The first kappa shape index (κ1) is 22.3. The molecular formula is C25H31FN4O2. The number of hydrogen-bond acceptors (Lipinski definition) is 5. The summed E-state index contributed by atoms with van der Waals surface area (Å²) in [4.78, 5) is 16.4. The van der Waals surface area contributed by atoms with E-state index in [1.165, 1.54) is 28.7 Å². The lowest BCUT2D eigenvalue weighted by atomic mass is 10.1. The van der Waals surface area contributed by atoms with Gasteiger partial charge in [0.2, 0.25) is 0 Å². The predicted octanol–water partition coefficient (Wildman–Crippen LogP) is 3.23. The van der Waals surface area contributed by atoms with Crippen molar-refractivity contribution < 1.29 is 13.9 Å². The van der Waals surface area contributed by atoms with Crippen LogP contribution in [0.4, 0.5) is 10.1 Å². The number of rotatable bonds is 9. The summed E-state index contributed by atoms with van der Waals surface area (Å²) in [6.45, 7) is 6.17. The van der Waals surface area contributed by atoms with Gasteiger partial charge in [-0.3, -0.25) is 9.69 Å². The van der Waals surface area contributed by atoms with E-state index in [-0.39, 0.29) is 11.8 Å². The second kappa shape index (κ2) is 10.6. The molecule has 170 valence electrons. The Labute approximate surface area is 188 Å². The van der Waals surface area contributed by atoms with Crippen LogP contribution >= 0.6 is 0 Å². The molecule has 1 aliphatic rings. The van der Waals surface area contributed by atoms with E-state index in [2.05, 4.69) is 44.8 Å². The van der Waals surface area contributed by atoms with E-state index >= 15 is 0 Å². The highest BCUT2D eigenvalue weighted by molar-refractivity contribution is 5.93. The summed E-state index contributed by atoms with van der Waals surface area (Å²) < 4.78 is 20.7. The summed E-state index contributed by atoms with van der Waals surface area (Å²) in [5, 5.41) is 1.23. The Morgan fingerprint density at radius 1 is 1.03 bits per heavy atom. The third kappa shape index (κ3) is 5.47. The topological polar surface area (TPSA) is 63.7 Å².